The summed E-state index contributed by atoms with van der Waals surface area (Å²) in [6.45, 7) is 4.64. The minimum atomic E-state index is -3.53. The van der Waals surface area contributed by atoms with Crippen LogP contribution in [0.4, 0.5) is 0 Å². The third-order valence-corrected chi connectivity index (χ3v) is 3.31. The van der Waals surface area contributed by atoms with E-state index in [4.69, 9.17) is 0 Å². The number of nitrogens with zero attached hydrogens (tertiary/aromatic N) is 2. The van der Waals surface area contributed by atoms with E-state index in [2.05, 4.69) is 28.5 Å². The molecule has 0 fully saturated rings. The van der Waals surface area contributed by atoms with E-state index in [1.807, 2.05) is 0 Å². The van der Waals surface area contributed by atoms with Crippen molar-refractivity contribution < 1.29 is 8.42 Å². The monoisotopic (exact) mass is 243 g/mol. The van der Waals surface area contributed by atoms with Crippen LogP contribution in [0.1, 0.15) is 26.7 Å². The molecule has 0 spiro atoms. The van der Waals surface area contributed by atoms with E-state index in [-0.39, 0.29) is 5.16 Å². The SMILES string of the molecule is CC(C)CCCNS(=O)(=O)c1ncccn1. The third-order valence-electron chi connectivity index (χ3n) is 2.03. The van der Waals surface area contributed by atoms with Crippen molar-refractivity contribution in [1.29, 1.82) is 0 Å². The molecule has 0 unspecified atom stereocenters. The Hall–Kier alpha value is -1.01. The van der Waals surface area contributed by atoms with Crippen LogP contribution < -0.4 is 4.72 Å². The summed E-state index contributed by atoms with van der Waals surface area (Å²) in [6.07, 6.45) is 4.65. The van der Waals surface area contributed by atoms with Crippen LogP contribution in [0.2, 0.25) is 0 Å². The number of hydrogen-bond acceptors (Lipinski definition) is 4. The molecule has 1 heterocycles. The molecular weight excluding hydrogens is 226 g/mol. The summed E-state index contributed by atoms with van der Waals surface area (Å²) in [5.74, 6) is 0.581. The van der Waals surface area contributed by atoms with Gasteiger partial charge >= 0.3 is 0 Å². The molecule has 1 aromatic heterocycles. The predicted molar refractivity (Wildman–Crippen MR) is 61.3 cm³/mol. The van der Waals surface area contributed by atoms with Gasteiger partial charge in [0.1, 0.15) is 0 Å². The molecule has 1 aromatic rings. The van der Waals surface area contributed by atoms with E-state index < -0.39 is 10.0 Å². The van der Waals surface area contributed by atoms with Crippen molar-refractivity contribution in [2.75, 3.05) is 6.54 Å². The summed E-state index contributed by atoms with van der Waals surface area (Å²) in [6, 6.07) is 1.58. The Labute approximate surface area is 96.4 Å². The van der Waals surface area contributed by atoms with Crippen LogP contribution in [0, 0.1) is 5.92 Å². The fourth-order valence-corrected chi connectivity index (χ4v) is 2.15. The van der Waals surface area contributed by atoms with Gasteiger partial charge in [0.2, 0.25) is 0 Å². The zero-order valence-corrected chi connectivity index (χ0v) is 10.4. The van der Waals surface area contributed by atoms with E-state index in [0.29, 0.717) is 12.5 Å². The minimum Gasteiger partial charge on any atom is -0.226 e. The lowest BCUT2D eigenvalue weighted by atomic mass is 10.1. The van der Waals surface area contributed by atoms with Crippen LogP contribution in [0.5, 0.6) is 0 Å². The van der Waals surface area contributed by atoms with Crippen LogP contribution in [-0.4, -0.2) is 24.9 Å². The summed E-state index contributed by atoms with van der Waals surface area (Å²) in [4.78, 5) is 7.41. The molecule has 16 heavy (non-hydrogen) atoms. The van der Waals surface area contributed by atoms with E-state index in [1.54, 1.807) is 6.07 Å². The maximum absolute atomic E-state index is 11.6. The molecule has 0 radical (unpaired) electrons. The zero-order valence-electron chi connectivity index (χ0n) is 9.55. The zero-order chi connectivity index (χ0) is 12.0. The lowest BCUT2D eigenvalue weighted by molar-refractivity contribution is 0.536. The van der Waals surface area contributed by atoms with E-state index >= 15 is 0 Å². The molecule has 0 atom stereocenters. The topological polar surface area (TPSA) is 72.0 Å². The summed E-state index contributed by atoms with van der Waals surface area (Å²) < 4.78 is 25.8. The number of aromatic nitrogens is 2. The first-order valence-corrected chi connectivity index (χ1v) is 6.77. The van der Waals surface area contributed by atoms with Crippen LogP contribution >= 0.6 is 0 Å². The van der Waals surface area contributed by atoms with Gasteiger partial charge in [-0.25, -0.2) is 23.1 Å². The number of hydrogen-bond donors (Lipinski definition) is 1. The second-order valence-corrected chi connectivity index (χ2v) is 5.63. The number of rotatable bonds is 6. The molecule has 0 aromatic carbocycles. The van der Waals surface area contributed by atoms with E-state index in [9.17, 15) is 8.42 Å². The van der Waals surface area contributed by atoms with E-state index in [1.165, 1.54) is 12.4 Å². The fourth-order valence-electron chi connectivity index (χ4n) is 1.21. The smallest absolute Gasteiger partial charge is 0.226 e. The van der Waals surface area contributed by atoms with Crippen molar-refractivity contribution in [2.24, 2.45) is 5.92 Å². The van der Waals surface area contributed by atoms with Gasteiger partial charge in [-0.2, -0.15) is 0 Å². The number of sulfonamides is 1. The van der Waals surface area contributed by atoms with Crippen molar-refractivity contribution in [3.63, 3.8) is 0 Å². The van der Waals surface area contributed by atoms with Crippen molar-refractivity contribution >= 4 is 10.0 Å². The molecule has 0 saturated heterocycles. The molecule has 0 aliphatic heterocycles. The molecule has 6 heteroatoms. The molecule has 0 saturated carbocycles. The van der Waals surface area contributed by atoms with Crippen LogP contribution in [0.3, 0.4) is 0 Å². The van der Waals surface area contributed by atoms with Gasteiger partial charge in [0.25, 0.3) is 15.2 Å². The summed E-state index contributed by atoms with van der Waals surface area (Å²) in [5, 5.41) is -0.167. The van der Waals surface area contributed by atoms with Gasteiger partial charge in [0, 0.05) is 18.9 Å². The Balaban J connectivity index is 2.48. The maximum Gasteiger partial charge on any atom is 0.276 e. The molecule has 0 amide bonds. The fraction of sp³-hybridized carbons (Fsp3) is 0.600. The van der Waals surface area contributed by atoms with Crippen molar-refractivity contribution in [1.82, 2.24) is 14.7 Å². The Bertz CT molecular complexity index is 403. The Kier molecular flexibility index (Phi) is 4.82. The van der Waals surface area contributed by atoms with Crippen LogP contribution in [0.15, 0.2) is 23.6 Å². The maximum atomic E-state index is 11.6. The lowest BCUT2D eigenvalue weighted by Crippen LogP contribution is -2.26. The molecule has 90 valence electrons. The van der Waals surface area contributed by atoms with Gasteiger partial charge in [-0.15, -0.1) is 0 Å². The highest BCUT2D eigenvalue weighted by Gasteiger charge is 2.15. The Morgan fingerprint density at radius 3 is 2.50 bits per heavy atom. The molecule has 5 nitrogen and oxygen atoms in total. The second kappa shape index (κ2) is 5.91. The standard InChI is InChI=1S/C10H17N3O2S/c1-9(2)5-3-8-13-16(14,15)10-11-6-4-7-12-10/h4,6-7,9,13H,3,5,8H2,1-2H3. The minimum absolute atomic E-state index is 0.167. The summed E-state index contributed by atoms with van der Waals surface area (Å²) in [5.41, 5.74) is 0. The van der Waals surface area contributed by atoms with Gasteiger partial charge in [-0.05, 0) is 24.8 Å². The van der Waals surface area contributed by atoms with Crippen molar-refractivity contribution in [3.8, 4) is 0 Å². The predicted octanol–water partition coefficient (Wildman–Crippen LogP) is 1.19. The highest BCUT2D eigenvalue weighted by molar-refractivity contribution is 7.89. The van der Waals surface area contributed by atoms with Crippen LogP contribution in [-0.2, 0) is 10.0 Å². The van der Waals surface area contributed by atoms with Crippen LogP contribution in [0.25, 0.3) is 0 Å². The first-order valence-electron chi connectivity index (χ1n) is 5.29. The van der Waals surface area contributed by atoms with Gasteiger partial charge in [-0.3, -0.25) is 0 Å². The highest BCUT2D eigenvalue weighted by Crippen LogP contribution is 2.03. The molecule has 1 rings (SSSR count). The summed E-state index contributed by atoms with van der Waals surface area (Å²) >= 11 is 0. The summed E-state index contributed by atoms with van der Waals surface area (Å²) in [7, 11) is -3.53. The third kappa shape index (κ3) is 4.24. The average Bonchev–Trinajstić information content (AvgIpc) is 2.26. The van der Waals surface area contributed by atoms with Gasteiger partial charge in [0.05, 0.1) is 0 Å². The van der Waals surface area contributed by atoms with Crippen molar-refractivity contribution in [2.45, 2.75) is 31.8 Å². The molecule has 1 N–H and O–H groups in total. The largest absolute Gasteiger partial charge is 0.276 e. The Morgan fingerprint density at radius 2 is 1.94 bits per heavy atom. The van der Waals surface area contributed by atoms with Gasteiger partial charge < -0.3 is 0 Å². The molecule has 0 bridgehead atoms. The number of nitrogens with one attached hydrogen (secondary N) is 1. The first-order chi connectivity index (χ1) is 7.52. The average molecular weight is 243 g/mol. The normalized spacial score (nSPS) is 11.9. The molecule has 0 aliphatic carbocycles. The van der Waals surface area contributed by atoms with E-state index in [0.717, 1.165) is 12.8 Å². The molecule has 0 aliphatic rings. The Morgan fingerprint density at radius 1 is 1.31 bits per heavy atom. The molecular formula is C10H17N3O2S. The first kappa shape index (κ1) is 13.1. The highest BCUT2D eigenvalue weighted by atomic mass is 32.2. The van der Waals surface area contributed by atoms with Gasteiger partial charge in [-0.1, -0.05) is 13.8 Å². The lowest BCUT2D eigenvalue weighted by Gasteiger charge is -2.06. The van der Waals surface area contributed by atoms with Crippen molar-refractivity contribution in [3.05, 3.63) is 18.5 Å². The second-order valence-electron chi connectivity index (χ2n) is 3.97. The van der Waals surface area contributed by atoms with Gasteiger partial charge in [0.15, 0.2) is 0 Å². The quantitative estimate of drug-likeness (QED) is 0.602.